The van der Waals surface area contributed by atoms with Gasteiger partial charge in [0.25, 0.3) is 0 Å². The fraction of sp³-hybridized carbons (Fsp3) is 0.400. The van der Waals surface area contributed by atoms with Gasteiger partial charge in [-0.2, -0.15) is 0 Å². The minimum absolute atomic E-state index is 0.0553. The maximum absolute atomic E-state index is 11.1. The van der Waals surface area contributed by atoms with Crippen molar-refractivity contribution in [2.75, 3.05) is 11.9 Å². The van der Waals surface area contributed by atoms with E-state index in [0.29, 0.717) is 12.5 Å². The molecule has 4 nitrogen and oxygen atoms in total. The van der Waals surface area contributed by atoms with Crippen LogP contribution in [-0.2, 0) is 5.41 Å². The molecule has 0 aromatic heterocycles. The lowest BCUT2D eigenvalue weighted by Gasteiger charge is -2.34. The number of anilines is 2. The zero-order chi connectivity index (χ0) is 21.2. The second-order valence-electron chi connectivity index (χ2n) is 8.65. The highest BCUT2D eigenvalue weighted by Crippen LogP contribution is 2.45. The highest BCUT2D eigenvalue weighted by Gasteiger charge is 2.30. The molecule has 1 aliphatic carbocycles. The Kier molecular flexibility index (Phi) is 6.02. The molecule has 2 aromatic carbocycles. The van der Waals surface area contributed by atoms with E-state index in [2.05, 4.69) is 58.1 Å². The summed E-state index contributed by atoms with van der Waals surface area (Å²) < 4.78 is 6.10. The predicted octanol–water partition coefficient (Wildman–Crippen LogP) is 6.64. The zero-order valence-electron chi connectivity index (χ0n) is 18.0. The average Bonchev–Trinajstić information content (AvgIpc) is 2.66. The standard InChI is InChI=1S/C25H31NO3/c1-6-13-29-23-15-21-20(19(16(2)3)11-12-25(21,4)5)14-22(23)26-18-9-7-17(8-10-18)24(27)28/h7-11,14-16,26H,6,12-13H2,1-5H3,(H,27,28). The van der Waals surface area contributed by atoms with Crippen LogP contribution in [0.2, 0.25) is 0 Å². The van der Waals surface area contributed by atoms with Crippen LogP contribution < -0.4 is 10.1 Å². The number of hydrogen-bond acceptors (Lipinski definition) is 3. The second kappa shape index (κ2) is 8.32. The van der Waals surface area contributed by atoms with Crippen molar-refractivity contribution in [2.24, 2.45) is 5.92 Å². The summed E-state index contributed by atoms with van der Waals surface area (Å²) >= 11 is 0. The summed E-state index contributed by atoms with van der Waals surface area (Å²) in [6, 6.07) is 11.2. The van der Waals surface area contributed by atoms with Gasteiger partial charge >= 0.3 is 5.97 Å². The largest absolute Gasteiger partial charge is 0.491 e. The summed E-state index contributed by atoms with van der Waals surface area (Å²) in [5, 5.41) is 12.6. The van der Waals surface area contributed by atoms with Gasteiger partial charge in [0.05, 0.1) is 17.9 Å². The van der Waals surface area contributed by atoms with Crippen LogP contribution in [0.3, 0.4) is 0 Å². The van der Waals surface area contributed by atoms with E-state index in [9.17, 15) is 4.79 Å². The van der Waals surface area contributed by atoms with Crippen molar-refractivity contribution in [3.8, 4) is 5.75 Å². The molecule has 0 spiro atoms. The minimum atomic E-state index is -0.925. The maximum atomic E-state index is 11.1. The first-order valence-electron chi connectivity index (χ1n) is 10.3. The molecule has 3 rings (SSSR count). The number of carboxylic acids is 1. The molecule has 0 saturated heterocycles. The topological polar surface area (TPSA) is 58.6 Å². The third kappa shape index (κ3) is 4.47. The molecule has 0 aliphatic heterocycles. The molecule has 0 radical (unpaired) electrons. The summed E-state index contributed by atoms with van der Waals surface area (Å²) in [6.45, 7) is 11.8. The monoisotopic (exact) mass is 393 g/mol. The fourth-order valence-electron chi connectivity index (χ4n) is 3.79. The summed E-state index contributed by atoms with van der Waals surface area (Å²) in [5.41, 5.74) is 6.03. The highest BCUT2D eigenvalue weighted by molar-refractivity contribution is 5.88. The summed E-state index contributed by atoms with van der Waals surface area (Å²) in [6.07, 6.45) is 4.32. The van der Waals surface area contributed by atoms with Gasteiger partial charge in [-0.1, -0.05) is 40.7 Å². The Balaban J connectivity index is 2.06. The van der Waals surface area contributed by atoms with E-state index in [4.69, 9.17) is 9.84 Å². The molecule has 0 unspecified atom stereocenters. The molecule has 0 heterocycles. The quantitative estimate of drug-likeness (QED) is 0.554. The van der Waals surface area contributed by atoms with Crippen LogP contribution in [-0.4, -0.2) is 17.7 Å². The lowest BCUT2D eigenvalue weighted by molar-refractivity contribution is 0.0697. The Labute approximate surface area is 173 Å². The van der Waals surface area contributed by atoms with Gasteiger partial charge in [-0.3, -0.25) is 0 Å². The van der Waals surface area contributed by atoms with Gasteiger partial charge in [-0.05, 0) is 77.3 Å². The molecule has 1 aliphatic rings. The Morgan fingerprint density at radius 2 is 1.90 bits per heavy atom. The van der Waals surface area contributed by atoms with Crippen molar-refractivity contribution in [3.05, 3.63) is 59.2 Å². The molecular formula is C25H31NO3. The number of carbonyl (C=O) groups is 1. The van der Waals surface area contributed by atoms with E-state index in [1.807, 2.05) is 0 Å². The van der Waals surface area contributed by atoms with Crippen LogP contribution >= 0.6 is 0 Å². The van der Waals surface area contributed by atoms with Gasteiger partial charge < -0.3 is 15.2 Å². The first-order valence-corrected chi connectivity index (χ1v) is 10.3. The van der Waals surface area contributed by atoms with Gasteiger partial charge in [-0.25, -0.2) is 4.79 Å². The van der Waals surface area contributed by atoms with Crippen molar-refractivity contribution in [3.63, 3.8) is 0 Å². The number of ether oxygens (including phenoxy) is 1. The molecule has 0 fully saturated rings. The third-order valence-corrected chi connectivity index (χ3v) is 5.49. The third-order valence-electron chi connectivity index (χ3n) is 5.49. The highest BCUT2D eigenvalue weighted by atomic mass is 16.5. The van der Waals surface area contributed by atoms with Crippen LogP contribution in [0.1, 0.15) is 68.9 Å². The Morgan fingerprint density at radius 3 is 2.48 bits per heavy atom. The Bertz CT molecular complexity index is 924. The number of hydrogen-bond donors (Lipinski definition) is 2. The zero-order valence-corrected chi connectivity index (χ0v) is 18.0. The molecule has 2 N–H and O–H groups in total. The van der Waals surface area contributed by atoms with Crippen LogP contribution in [0.25, 0.3) is 5.57 Å². The lowest BCUT2D eigenvalue weighted by atomic mass is 9.71. The molecular weight excluding hydrogens is 362 g/mol. The predicted molar refractivity (Wildman–Crippen MR) is 119 cm³/mol. The fourth-order valence-corrected chi connectivity index (χ4v) is 3.79. The van der Waals surface area contributed by atoms with Crippen LogP contribution in [0, 0.1) is 5.92 Å². The lowest BCUT2D eigenvalue weighted by Crippen LogP contribution is -2.23. The van der Waals surface area contributed by atoms with Gasteiger partial charge in [0.1, 0.15) is 5.75 Å². The number of fused-ring (bicyclic) bond motifs is 1. The average molecular weight is 394 g/mol. The van der Waals surface area contributed by atoms with E-state index < -0.39 is 5.97 Å². The Morgan fingerprint density at radius 1 is 1.21 bits per heavy atom. The molecule has 0 amide bonds. The van der Waals surface area contributed by atoms with Crippen molar-refractivity contribution in [2.45, 2.75) is 52.9 Å². The molecule has 0 saturated carbocycles. The van der Waals surface area contributed by atoms with Gasteiger partial charge in [-0.15, -0.1) is 0 Å². The second-order valence-corrected chi connectivity index (χ2v) is 8.65. The normalized spacial score (nSPS) is 14.9. The number of allylic oxidation sites excluding steroid dienone is 2. The van der Waals surface area contributed by atoms with E-state index in [0.717, 1.165) is 30.0 Å². The Hall–Kier alpha value is -2.75. The first kappa shape index (κ1) is 21.0. The first-order chi connectivity index (χ1) is 13.7. The number of carboxylic acid groups (broad SMARTS) is 1. The minimum Gasteiger partial charge on any atom is -0.491 e. The molecule has 29 heavy (non-hydrogen) atoms. The van der Waals surface area contributed by atoms with E-state index in [1.165, 1.54) is 16.7 Å². The van der Waals surface area contributed by atoms with E-state index >= 15 is 0 Å². The van der Waals surface area contributed by atoms with E-state index in [-0.39, 0.29) is 11.0 Å². The van der Waals surface area contributed by atoms with Crippen LogP contribution in [0.4, 0.5) is 11.4 Å². The van der Waals surface area contributed by atoms with E-state index in [1.54, 1.807) is 24.3 Å². The van der Waals surface area contributed by atoms with Gasteiger partial charge in [0.2, 0.25) is 0 Å². The van der Waals surface area contributed by atoms with Crippen LogP contribution in [0.15, 0.2) is 42.5 Å². The number of rotatable bonds is 7. The number of benzene rings is 2. The molecule has 0 bridgehead atoms. The maximum Gasteiger partial charge on any atom is 0.335 e. The summed E-state index contributed by atoms with van der Waals surface area (Å²) in [4.78, 5) is 11.1. The van der Waals surface area contributed by atoms with Gasteiger partial charge in [0.15, 0.2) is 0 Å². The number of aromatic carboxylic acids is 1. The van der Waals surface area contributed by atoms with Crippen LogP contribution in [0.5, 0.6) is 5.75 Å². The molecule has 154 valence electrons. The molecule has 0 atom stereocenters. The smallest absolute Gasteiger partial charge is 0.335 e. The van der Waals surface area contributed by atoms with Crippen molar-refractivity contribution in [1.82, 2.24) is 0 Å². The van der Waals surface area contributed by atoms with Crippen molar-refractivity contribution in [1.29, 1.82) is 0 Å². The number of nitrogens with one attached hydrogen (secondary N) is 1. The summed E-state index contributed by atoms with van der Waals surface area (Å²) in [7, 11) is 0. The molecule has 4 heteroatoms. The SMILES string of the molecule is CCCOc1cc2c(cc1Nc1ccc(C(=O)O)cc1)C(C(C)C)=CCC2(C)C. The summed E-state index contributed by atoms with van der Waals surface area (Å²) in [5.74, 6) is 0.354. The molecule has 2 aromatic rings. The van der Waals surface area contributed by atoms with Crippen molar-refractivity contribution < 1.29 is 14.6 Å². The van der Waals surface area contributed by atoms with Crippen molar-refractivity contribution >= 4 is 22.9 Å². The van der Waals surface area contributed by atoms with Gasteiger partial charge in [0, 0.05) is 5.69 Å².